The van der Waals surface area contributed by atoms with Crippen LogP contribution in [0, 0.1) is 5.92 Å². The maximum Gasteiger partial charge on any atom is 0.334 e. The van der Waals surface area contributed by atoms with Crippen molar-refractivity contribution in [1.29, 1.82) is 0 Å². The number of ketones is 1. The number of rotatable bonds is 0. The van der Waals surface area contributed by atoms with E-state index in [1.165, 1.54) is 6.08 Å². The minimum absolute atomic E-state index is 0.0339. The van der Waals surface area contributed by atoms with E-state index in [1.807, 2.05) is 0 Å². The molecule has 0 aromatic heterocycles. The molecule has 56 valence electrons. The molecular formula is C8H6O3. The number of allylic oxidation sites excluding steroid dienone is 3. The Balaban J connectivity index is 2.42. The first kappa shape index (κ1) is 6.34. The molecule has 1 atom stereocenters. The van der Waals surface area contributed by atoms with Crippen LogP contribution in [0.25, 0.3) is 0 Å². The van der Waals surface area contributed by atoms with Crippen LogP contribution in [0.15, 0.2) is 23.8 Å². The zero-order chi connectivity index (χ0) is 7.84. The first-order chi connectivity index (χ1) is 5.29. The van der Waals surface area contributed by atoms with Crippen LogP contribution in [0.3, 0.4) is 0 Å². The van der Waals surface area contributed by atoms with Gasteiger partial charge in [-0.3, -0.25) is 4.79 Å². The molecule has 1 heterocycles. The van der Waals surface area contributed by atoms with Gasteiger partial charge >= 0.3 is 5.97 Å². The van der Waals surface area contributed by atoms with Gasteiger partial charge in [0.2, 0.25) is 0 Å². The summed E-state index contributed by atoms with van der Waals surface area (Å²) in [6.07, 6.45) is 4.69. The lowest BCUT2D eigenvalue weighted by Gasteiger charge is -2.05. The van der Waals surface area contributed by atoms with Gasteiger partial charge in [-0.05, 0) is 6.08 Å². The van der Waals surface area contributed by atoms with Gasteiger partial charge in [0, 0.05) is 0 Å². The predicted octanol–water partition coefficient (Wildman–Crippen LogP) is 0.225. The van der Waals surface area contributed by atoms with Gasteiger partial charge in [0.05, 0.1) is 11.5 Å². The molecule has 3 nitrogen and oxygen atoms in total. The zero-order valence-electron chi connectivity index (χ0n) is 5.74. The number of fused-ring (bicyclic) bond motifs is 1. The fraction of sp³-hybridized carbons (Fsp3) is 0.250. The van der Waals surface area contributed by atoms with E-state index in [9.17, 15) is 9.59 Å². The number of ether oxygens (including phenoxy) is 1. The molecule has 0 aromatic rings. The van der Waals surface area contributed by atoms with E-state index in [4.69, 9.17) is 4.74 Å². The molecule has 1 aliphatic carbocycles. The largest absolute Gasteiger partial charge is 0.461 e. The van der Waals surface area contributed by atoms with Crippen molar-refractivity contribution in [1.82, 2.24) is 0 Å². The second-order valence-corrected chi connectivity index (χ2v) is 2.53. The minimum atomic E-state index is -0.354. The van der Waals surface area contributed by atoms with Crippen molar-refractivity contribution >= 4 is 11.8 Å². The number of carbonyl (C=O) groups is 2. The first-order valence-electron chi connectivity index (χ1n) is 3.38. The molecule has 0 bridgehead atoms. The highest BCUT2D eigenvalue weighted by molar-refractivity contribution is 6.06. The van der Waals surface area contributed by atoms with Crippen molar-refractivity contribution in [3.05, 3.63) is 23.8 Å². The molecule has 1 aliphatic heterocycles. The highest BCUT2D eigenvalue weighted by Gasteiger charge is 2.35. The van der Waals surface area contributed by atoms with Crippen LogP contribution in [-0.4, -0.2) is 18.4 Å². The normalized spacial score (nSPS) is 28.0. The average molecular weight is 150 g/mol. The van der Waals surface area contributed by atoms with Gasteiger partial charge in [-0.1, -0.05) is 12.2 Å². The summed E-state index contributed by atoms with van der Waals surface area (Å²) in [6.45, 7) is 0.216. The molecule has 1 unspecified atom stereocenters. The van der Waals surface area contributed by atoms with Crippen molar-refractivity contribution in [3.63, 3.8) is 0 Å². The van der Waals surface area contributed by atoms with E-state index < -0.39 is 0 Å². The molecule has 2 aliphatic rings. The van der Waals surface area contributed by atoms with Crippen LogP contribution >= 0.6 is 0 Å². The summed E-state index contributed by atoms with van der Waals surface area (Å²) in [7, 11) is 0. The summed E-state index contributed by atoms with van der Waals surface area (Å²) >= 11 is 0. The number of hydrogen-bond donors (Lipinski definition) is 0. The molecule has 11 heavy (non-hydrogen) atoms. The van der Waals surface area contributed by atoms with Crippen LogP contribution in [0.2, 0.25) is 0 Å². The lowest BCUT2D eigenvalue weighted by atomic mass is 9.93. The standard InChI is InChI=1S/C8H6O3/c9-7-3-1-2-5-6(7)4-11-8(5)10/h1-3,6H,4H2. The van der Waals surface area contributed by atoms with Crippen molar-refractivity contribution < 1.29 is 14.3 Å². The third kappa shape index (κ3) is 0.808. The van der Waals surface area contributed by atoms with E-state index in [2.05, 4.69) is 0 Å². The molecule has 0 saturated carbocycles. The van der Waals surface area contributed by atoms with E-state index >= 15 is 0 Å². The number of carbonyl (C=O) groups excluding carboxylic acids is 2. The lowest BCUT2D eigenvalue weighted by Crippen LogP contribution is -2.16. The van der Waals surface area contributed by atoms with Gasteiger partial charge in [-0.15, -0.1) is 0 Å². The Hall–Kier alpha value is -1.38. The van der Waals surface area contributed by atoms with E-state index in [1.54, 1.807) is 12.2 Å². The van der Waals surface area contributed by atoms with Gasteiger partial charge < -0.3 is 4.74 Å². The Morgan fingerprint density at radius 1 is 1.45 bits per heavy atom. The number of esters is 1. The monoisotopic (exact) mass is 150 g/mol. The van der Waals surface area contributed by atoms with E-state index in [0.29, 0.717) is 5.57 Å². The lowest BCUT2D eigenvalue weighted by molar-refractivity contribution is -0.135. The quantitative estimate of drug-likeness (QED) is 0.464. The Morgan fingerprint density at radius 3 is 3.00 bits per heavy atom. The molecule has 0 radical (unpaired) electrons. The molecule has 0 spiro atoms. The highest BCUT2D eigenvalue weighted by atomic mass is 16.5. The minimum Gasteiger partial charge on any atom is -0.461 e. The van der Waals surface area contributed by atoms with Gasteiger partial charge in [0.25, 0.3) is 0 Å². The summed E-state index contributed by atoms with van der Waals surface area (Å²) in [4.78, 5) is 21.9. The maximum atomic E-state index is 11.1. The first-order valence-corrected chi connectivity index (χ1v) is 3.38. The maximum absolute atomic E-state index is 11.1. The molecule has 0 aromatic carbocycles. The van der Waals surface area contributed by atoms with Crippen molar-refractivity contribution in [2.24, 2.45) is 5.92 Å². The summed E-state index contributed by atoms with van der Waals surface area (Å²) in [5.74, 6) is -0.714. The molecule has 3 heteroatoms. The van der Waals surface area contributed by atoms with Gasteiger partial charge in [0.1, 0.15) is 6.61 Å². The summed E-state index contributed by atoms with van der Waals surface area (Å²) < 4.78 is 4.70. The Kier molecular flexibility index (Phi) is 1.18. The van der Waals surface area contributed by atoms with Crippen molar-refractivity contribution in [2.45, 2.75) is 0 Å². The van der Waals surface area contributed by atoms with Crippen LogP contribution in [0.4, 0.5) is 0 Å². The van der Waals surface area contributed by atoms with Gasteiger partial charge in [0.15, 0.2) is 5.78 Å². The highest BCUT2D eigenvalue weighted by Crippen LogP contribution is 2.25. The third-order valence-electron chi connectivity index (χ3n) is 1.87. The zero-order valence-corrected chi connectivity index (χ0v) is 5.74. The molecule has 0 N–H and O–H groups in total. The summed E-state index contributed by atoms with van der Waals surface area (Å²) in [5, 5.41) is 0. The molecule has 1 fully saturated rings. The van der Waals surface area contributed by atoms with Crippen LogP contribution in [0.5, 0.6) is 0 Å². The molecule has 0 amide bonds. The average Bonchev–Trinajstić information content (AvgIpc) is 2.35. The summed E-state index contributed by atoms with van der Waals surface area (Å²) in [5.41, 5.74) is 0.498. The molecular weight excluding hydrogens is 144 g/mol. The van der Waals surface area contributed by atoms with Gasteiger partial charge in [-0.25, -0.2) is 4.79 Å². The summed E-state index contributed by atoms with van der Waals surface area (Å²) in [6, 6.07) is 0. The second kappa shape index (κ2) is 2.05. The smallest absolute Gasteiger partial charge is 0.334 e. The SMILES string of the molecule is O=C1OCC2C(=O)C=CC=C12. The van der Waals surface area contributed by atoms with Gasteiger partial charge in [-0.2, -0.15) is 0 Å². The Bertz CT molecular complexity index is 284. The van der Waals surface area contributed by atoms with E-state index in [0.717, 1.165) is 0 Å². The van der Waals surface area contributed by atoms with Crippen molar-refractivity contribution in [3.8, 4) is 0 Å². The molecule has 1 saturated heterocycles. The fourth-order valence-electron chi connectivity index (χ4n) is 1.26. The Labute approximate surface area is 63.3 Å². The molecule has 2 rings (SSSR count). The predicted molar refractivity (Wildman–Crippen MR) is 36.7 cm³/mol. The Morgan fingerprint density at radius 2 is 2.27 bits per heavy atom. The topological polar surface area (TPSA) is 43.4 Å². The third-order valence-corrected chi connectivity index (χ3v) is 1.87. The van der Waals surface area contributed by atoms with E-state index in [-0.39, 0.29) is 24.3 Å². The van der Waals surface area contributed by atoms with Crippen molar-refractivity contribution in [2.75, 3.05) is 6.61 Å². The van der Waals surface area contributed by atoms with Crippen LogP contribution in [0.1, 0.15) is 0 Å². The second-order valence-electron chi connectivity index (χ2n) is 2.53. The van der Waals surface area contributed by atoms with Crippen LogP contribution < -0.4 is 0 Å². The fourth-order valence-corrected chi connectivity index (χ4v) is 1.26. The number of cyclic esters (lactones) is 1. The van der Waals surface area contributed by atoms with Crippen LogP contribution in [-0.2, 0) is 14.3 Å². The number of hydrogen-bond acceptors (Lipinski definition) is 3.